The highest BCUT2D eigenvalue weighted by molar-refractivity contribution is 5.95. The van der Waals surface area contributed by atoms with Gasteiger partial charge in [0.1, 0.15) is 0 Å². The van der Waals surface area contributed by atoms with E-state index in [0.717, 1.165) is 18.6 Å². The van der Waals surface area contributed by atoms with Crippen LogP contribution in [0.15, 0.2) is 47.6 Å². The van der Waals surface area contributed by atoms with Gasteiger partial charge in [0, 0.05) is 11.6 Å². The largest absolute Gasteiger partial charge is 0.378 e. The summed E-state index contributed by atoms with van der Waals surface area (Å²) in [6, 6.07) is 8.86. The van der Waals surface area contributed by atoms with Crippen molar-refractivity contribution in [3.05, 3.63) is 48.0 Å². The highest BCUT2D eigenvalue weighted by atomic mass is 16.3. The number of nitrogens with zero attached hydrogens (tertiary/aromatic N) is 1. The van der Waals surface area contributed by atoms with E-state index in [9.17, 15) is 9.90 Å². The minimum absolute atomic E-state index is 0.467. The number of aliphatic hydroxyl groups is 1. The topological polar surface area (TPSA) is 61.7 Å². The fourth-order valence-electron chi connectivity index (χ4n) is 2.64. The monoisotopic (exact) mass is 256 g/mol. The molecule has 19 heavy (non-hydrogen) atoms. The second-order valence-corrected chi connectivity index (χ2v) is 5.03. The molecule has 4 nitrogen and oxygen atoms in total. The smallest absolute Gasteiger partial charge is 0.273 e. The number of aliphatic hydroxyl groups excluding tert-OH is 1. The number of hydrogen-bond donors (Lipinski definition) is 2. The SMILES string of the molecule is O=C(NN=C1CC2C=CCC12)C(O)c1ccccc1. The highest BCUT2D eigenvalue weighted by Crippen LogP contribution is 2.40. The van der Waals surface area contributed by atoms with E-state index in [1.54, 1.807) is 24.3 Å². The first-order chi connectivity index (χ1) is 9.25. The van der Waals surface area contributed by atoms with E-state index in [4.69, 9.17) is 0 Å². The van der Waals surface area contributed by atoms with Crippen molar-refractivity contribution in [3.63, 3.8) is 0 Å². The Bertz CT molecular complexity index is 536. The molecule has 0 aliphatic heterocycles. The van der Waals surface area contributed by atoms with E-state index < -0.39 is 12.0 Å². The van der Waals surface area contributed by atoms with Gasteiger partial charge in [0.2, 0.25) is 0 Å². The molecule has 2 aliphatic carbocycles. The van der Waals surface area contributed by atoms with Crippen LogP contribution in [0.5, 0.6) is 0 Å². The summed E-state index contributed by atoms with van der Waals surface area (Å²) in [4.78, 5) is 11.8. The van der Waals surface area contributed by atoms with Gasteiger partial charge in [0.15, 0.2) is 6.10 Å². The van der Waals surface area contributed by atoms with Gasteiger partial charge >= 0.3 is 0 Å². The molecule has 1 saturated carbocycles. The van der Waals surface area contributed by atoms with Crippen LogP contribution >= 0.6 is 0 Å². The third-order valence-electron chi connectivity index (χ3n) is 3.84. The normalized spacial score (nSPS) is 27.7. The third-order valence-corrected chi connectivity index (χ3v) is 3.84. The van der Waals surface area contributed by atoms with Crippen molar-refractivity contribution in [2.24, 2.45) is 16.9 Å². The van der Waals surface area contributed by atoms with Crippen molar-refractivity contribution < 1.29 is 9.90 Å². The molecule has 4 heteroatoms. The fourth-order valence-corrected chi connectivity index (χ4v) is 2.64. The maximum atomic E-state index is 11.8. The molecule has 3 atom stereocenters. The Morgan fingerprint density at radius 2 is 2.16 bits per heavy atom. The minimum Gasteiger partial charge on any atom is -0.378 e. The third kappa shape index (κ3) is 2.31. The second-order valence-electron chi connectivity index (χ2n) is 5.03. The molecule has 1 aromatic carbocycles. The summed E-state index contributed by atoms with van der Waals surface area (Å²) in [6.45, 7) is 0. The molecule has 3 unspecified atom stereocenters. The van der Waals surface area contributed by atoms with E-state index in [1.165, 1.54) is 0 Å². The quantitative estimate of drug-likeness (QED) is 0.639. The van der Waals surface area contributed by atoms with Gasteiger partial charge < -0.3 is 5.11 Å². The first kappa shape index (κ1) is 12.1. The molecule has 0 aromatic heterocycles. The molecule has 1 amide bonds. The van der Waals surface area contributed by atoms with Crippen molar-refractivity contribution >= 4 is 11.6 Å². The van der Waals surface area contributed by atoms with Gasteiger partial charge in [-0.3, -0.25) is 4.79 Å². The standard InChI is InChI=1S/C15H16N2O2/c18-14(10-5-2-1-3-6-10)15(19)17-16-13-9-11-7-4-8-12(11)13/h1-7,11-12,14,18H,8-9H2,(H,17,19). The van der Waals surface area contributed by atoms with Crippen molar-refractivity contribution in [2.45, 2.75) is 18.9 Å². The van der Waals surface area contributed by atoms with Crippen molar-refractivity contribution in [3.8, 4) is 0 Å². The summed E-state index contributed by atoms with van der Waals surface area (Å²) in [7, 11) is 0. The predicted octanol–water partition coefficient (Wildman–Crippen LogP) is 1.79. The molecule has 1 aromatic rings. The molecule has 3 rings (SSSR count). The van der Waals surface area contributed by atoms with Gasteiger partial charge in [0.05, 0.1) is 0 Å². The molecule has 0 radical (unpaired) electrons. The maximum Gasteiger partial charge on any atom is 0.273 e. The Labute approximate surface area is 111 Å². The fraction of sp³-hybridized carbons (Fsp3) is 0.333. The number of amides is 1. The van der Waals surface area contributed by atoms with Gasteiger partial charge in [0.25, 0.3) is 5.91 Å². The number of benzene rings is 1. The summed E-state index contributed by atoms with van der Waals surface area (Å²) in [5.41, 5.74) is 4.08. The first-order valence-electron chi connectivity index (χ1n) is 6.51. The molecule has 0 spiro atoms. The van der Waals surface area contributed by atoms with E-state index >= 15 is 0 Å². The van der Waals surface area contributed by atoms with Gasteiger partial charge in [-0.1, -0.05) is 42.5 Å². The van der Waals surface area contributed by atoms with E-state index in [1.807, 2.05) is 6.07 Å². The zero-order valence-electron chi connectivity index (χ0n) is 10.5. The van der Waals surface area contributed by atoms with Crippen molar-refractivity contribution in [1.29, 1.82) is 0 Å². The van der Waals surface area contributed by atoms with E-state index in [2.05, 4.69) is 22.7 Å². The zero-order valence-corrected chi connectivity index (χ0v) is 10.5. The lowest BCUT2D eigenvalue weighted by atomic mass is 9.74. The number of allylic oxidation sites excluding steroid dienone is 2. The van der Waals surface area contributed by atoms with Gasteiger partial charge in [-0.2, -0.15) is 5.10 Å². The maximum absolute atomic E-state index is 11.8. The van der Waals surface area contributed by atoms with Crippen LogP contribution in [-0.4, -0.2) is 16.7 Å². The highest BCUT2D eigenvalue weighted by Gasteiger charge is 2.38. The minimum atomic E-state index is -1.16. The molecule has 0 heterocycles. The number of hydrazone groups is 1. The summed E-state index contributed by atoms with van der Waals surface area (Å²) in [5.74, 6) is 0.594. The first-order valence-corrected chi connectivity index (χ1v) is 6.51. The van der Waals surface area contributed by atoms with Gasteiger partial charge in [-0.15, -0.1) is 0 Å². The van der Waals surface area contributed by atoms with Crippen molar-refractivity contribution in [2.75, 3.05) is 0 Å². The average molecular weight is 256 g/mol. The van der Waals surface area contributed by atoms with Crippen LogP contribution in [0.3, 0.4) is 0 Å². The van der Waals surface area contributed by atoms with Crippen LogP contribution in [0.1, 0.15) is 24.5 Å². The van der Waals surface area contributed by atoms with Crippen LogP contribution in [-0.2, 0) is 4.79 Å². The van der Waals surface area contributed by atoms with Crippen LogP contribution < -0.4 is 5.43 Å². The number of rotatable bonds is 3. The molecule has 2 aliphatic rings. The average Bonchev–Trinajstić information content (AvgIpc) is 2.80. The van der Waals surface area contributed by atoms with Crippen LogP contribution in [0.25, 0.3) is 0 Å². The van der Waals surface area contributed by atoms with E-state index in [-0.39, 0.29) is 0 Å². The van der Waals surface area contributed by atoms with E-state index in [0.29, 0.717) is 17.4 Å². The molecular formula is C15H16N2O2. The molecule has 0 saturated heterocycles. The summed E-state index contributed by atoms with van der Waals surface area (Å²) < 4.78 is 0. The lowest BCUT2D eigenvalue weighted by Gasteiger charge is -2.31. The molecular weight excluding hydrogens is 240 g/mol. The number of hydrogen-bond acceptors (Lipinski definition) is 3. The van der Waals surface area contributed by atoms with Crippen LogP contribution in [0.4, 0.5) is 0 Å². The molecule has 98 valence electrons. The second kappa shape index (κ2) is 4.97. The Kier molecular flexibility index (Phi) is 3.17. The summed E-state index contributed by atoms with van der Waals surface area (Å²) in [6.07, 6.45) is 5.15. The Hall–Kier alpha value is -1.94. The Balaban J connectivity index is 1.59. The molecule has 2 N–H and O–H groups in total. The number of carbonyl (C=O) groups is 1. The molecule has 1 fully saturated rings. The Morgan fingerprint density at radius 3 is 2.89 bits per heavy atom. The van der Waals surface area contributed by atoms with Crippen molar-refractivity contribution in [1.82, 2.24) is 5.43 Å². The predicted molar refractivity (Wildman–Crippen MR) is 72.3 cm³/mol. The number of fused-ring (bicyclic) bond motifs is 1. The summed E-state index contributed by atoms with van der Waals surface area (Å²) >= 11 is 0. The lowest BCUT2D eigenvalue weighted by molar-refractivity contribution is -0.129. The molecule has 0 bridgehead atoms. The van der Waals surface area contributed by atoms with Gasteiger partial charge in [-0.05, 0) is 24.3 Å². The van der Waals surface area contributed by atoms with Crippen LogP contribution in [0.2, 0.25) is 0 Å². The van der Waals surface area contributed by atoms with Gasteiger partial charge in [-0.25, -0.2) is 5.43 Å². The number of nitrogens with one attached hydrogen (secondary N) is 1. The summed E-state index contributed by atoms with van der Waals surface area (Å²) in [5, 5.41) is 14.0. The zero-order chi connectivity index (χ0) is 13.2. The Morgan fingerprint density at radius 1 is 1.37 bits per heavy atom. The number of carbonyl (C=O) groups excluding carboxylic acids is 1. The van der Waals surface area contributed by atoms with Crippen LogP contribution in [0, 0.1) is 11.8 Å². The lowest BCUT2D eigenvalue weighted by Crippen LogP contribution is -2.36.